The maximum Gasteiger partial charge on any atom is 0.0700 e. The SMILES string of the molecule is CC(C)(C)CCOCCOCCC(C)(C)Cc1ccccc1. The van der Waals surface area contributed by atoms with Crippen LogP contribution in [0.4, 0.5) is 0 Å². The molecular formula is C20H34O2. The summed E-state index contributed by atoms with van der Waals surface area (Å²) in [5, 5.41) is 0. The molecule has 0 aromatic heterocycles. The van der Waals surface area contributed by atoms with Crippen molar-refractivity contribution in [1.82, 2.24) is 0 Å². The van der Waals surface area contributed by atoms with Gasteiger partial charge in [0, 0.05) is 13.2 Å². The molecule has 0 saturated heterocycles. The second kappa shape index (κ2) is 9.32. The van der Waals surface area contributed by atoms with Crippen LogP contribution < -0.4 is 0 Å². The van der Waals surface area contributed by atoms with Gasteiger partial charge in [-0.2, -0.15) is 0 Å². The van der Waals surface area contributed by atoms with E-state index in [1.165, 1.54) is 5.56 Å². The second-order valence-corrected chi connectivity index (χ2v) is 8.11. The Morgan fingerprint density at radius 3 is 1.82 bits per heavy atom. The van der Waals surface area contributed by atoms with E-state index in [2.05, 4.69) is 65.0 Å². The Balaban J connectivity index is 2.06. The Hall–Kier alpha value is -0.860. The van der Waals surface area contributed by atoms with Gasteiger partial charge in [0.1, 0.15) is 0 Å². The molecule has 0 aliphatic rings. The summed E-state index contributed by atoms with van der Waals surface area (Å²) in [6, 6.07) is 10.7. The van der Waals surface area contributed by atoms with E-state index in [9.17, 15) is 0 Å². The van der Waals surface area contributed by atoms with Crippen molar-refractivity contribution >= 4 is 0 Å². The van der Waals surface area contributed by atoms with Crippen LogP contribution in [0.3, 0.4) is 0 Å². The lowest BCUT2D eigenvalue weighted by molar-refractivity contribution is 0.0300. The molecule has 0 atom stereocenters. The van der Waals surface area contributed by atoms with Crippen molar-refractivity contribution in [1.29, 1.82) is 0 Å². The molecule has 0 aliphatic heterocycles. The summed E-state index contributed by atoms with van der Waals surface area (Å²) in [4.78, 5) is 0. The number of ether oxygens (including phenoxy) is 2. The summed E-state index contributed by atoms with van der Waals surface area (Å²) in [6.07, 6.45) is 3.26. The molecule has 1 aromatic carbocycles. The number of rotatable bonds is 10. The van der Waals surface area contributed by atoms with Crippen molar-refractivity contribution < 1.29 is 9.47 Å². The van der Waals surface area contributed by atoms with Gasteiger partial charge < -0.3 is 9.47 Å². The molecule has 0 unspecified atom stereocenters. The average Bonchev–Trinajstić information content (AvgIpc) is 2.41. The van der Waals surface area contributed by atoms with E-state index in [1.807, 2.05) is 0 Å². The fourth-order valence-electron chi connectivity index (χ4n) is 2.29. The van der Waals surface area contributed by atoms with Crippen molar-refractivity contribution in [3.63, 3.8) is 0 Å². The third-order valence-electron chi connectivity index (χ3n) is 3.82. The lowest BCUT2D eigenvalue weighted by Gasteiger charge is -2.24. The van der Waals surface area contributed by atoms with Gasteiger partial charge in [-0.3, -0.25) is 0 Å². The Labute approximate surface area is 137 Å². The fourth-order valence-corrected chi connectivity index (χ4v) is 2.29. The first-order valence-electron chi connectivity index (χ1n) is 8.48. The molecule has 0 heterocycles. The molecule has 0 amide bonds. The summed E-state index contributed by atoms with van der Waals surface area (Å²) < 4.78 is 11.3. The van der Waals surface area contributed by atoms with Gasteiger partial charge in [-0.05, 0) is 35.7 Å². The molecule has 0 spiro atoms. The van der Waals surface area contributed by atoms with Crippen LogP contribution in [-0.4, -0.2) is 26.4 Å². The first kappa shape index (κ1) is 19.2. The topological polar surface area (TPSA) is 18.5 Å². The minimum atomic E-state index is 0.272. The zero-order valence-corrected chi connectivity index (χ0v) is 15.2. The summed E-state index contributed by atoms with van der Waals surface area (Å²) >= 11 is 0. The lowest BCUT2D eigenvalue weighted by Crippen LogP contribution is -2.19. The molecular weight excluding hydrogens is 272 g/mol. The maximum absolute atomic E-state index is 5.71. The van der Waals surface area contributed by atoms with Crippen LogP contribution in [-0.2, 0) is 15.9 Å². The summed E-state index contributed by atoms with van der Waals surface area (Å²) in [5.41, 5.74) is 2.02. The summed E-state index contributed by atoms with van der Waals surface area (Å²) in [6.45, 7) is 14.4. The average molecular weight is 306 g/mol. The van der Waals surface area contributed by atoms with E-state index in [0.717, 1.165) is 32.5 Å². The van der Waals surface area contributed by atoms with Gasteiger partial charge >= 0.3 is 0 Å². The molecule has 126 valence electrons. The largest absolute Gasteiger partial charge is 0.379 e. The first-order chi connectivity index (χ1) is 10.3. The molecule has 0 radical (unpaired) electrons. The Morgan fingerprint density at radius 2 is 1.27 bits per heavy atom. The molecule has 0 bridgehead atoms. The van der Waals surface area contributed by atoms with E-state index in [4.69, 9.17) is 9.47 Å². The standard InChI is InChI=1S/C20H34O2/c1-19(2,3)11-13-21-15-16-22-14-12-20(4,5)17-18-9-7-6-8-10-18/h6-10H,11-17H2,1-5H3. The second-order valence-electron chi connectivity index (χ2n) is 8.11. The molecule has 0 N–H and O–H groups in total. The van der Waals surface area contributed by atoms with Crippen molar-refractivity contribution in [3.05, 3.63) is 35.9 Å². The van der Waals surface area contributed by atoms with Gasteiger partial charge in [0.25, 0.3) is 0 Å². The van der Waals surface area contributed by atoms with Crippen molar-refractivity contribution in [2.45, 2.75) is 53.9 Å². The van der Waals surface area contributed by atoms with Gasteiger partial charge in [-0.15, -0.1) is 0 Å². The maximum atomic E-state index is 5.71. The van der Waals surface area contributed by atoms with E-state index in [1.54, 1.807) is 0 Å². The fraction of sp³-hybridized carbons (Fsp3) is 0.700. The number of benzene rings is 1. The Morgan fingerprint density at radius 1 is 0.727 bits per heavy atom. The van der Waals surface area contributed by atoms with E-state index < -0.39 is 0 Å². The highest BCUT2D eigenvalue weighted by Crippen LogP contribution is 2.25. The molecule has 0 aliphatic carbocycles. The predicted molar refractivity (Wildman–Crippen MR) is 94.3 cm³/mol. The first-order valence-corrected chi connectivity index (χ1v) is 8.48. The Bertz CT molecular complexity index is 390. The van der Waals surface area contributed by atoms with E-state index in [-0.39, 0.29) is 5.41 Å². The minimum Gasteiger partial charge on any atom is -0.379 e. The molecule has 2 nitrogen and oxygen atoms in total. The van der Waals surface area contributed by atoms with Crippen LogP contribution in [0.25, 0.3) is 0 Å². The molecule has 0 fully saturated rings. The number of hydrogen-bond acceptors (Lipinski definition) is 2. The van der Waals surface area contributed by atoms with Crippen molar-refractivity contribution in [2.24, 2.45) is 10.8 Å². The van der Waals surface area contributed by atoms with Gasteiger partial charge in [0.2, 0.25) is 0 Å². The van der Waals surface area contributed by atoms with Crippen LogP contribution in [0.2, 0.25) is 0 Å². The highest BCUT2D eigenvalue weighted by atomic mass is 16.5. The van der Waals surface area contributed by atoms with Crippen LogP contribution in [0, 0.1) is 10.8 Å². The summed E-state index contributed by atoms with van der Waals surface area (Å²) in [7, 11) is 0. The van der Waals surface area contributed by atoms with Crippen molar-refractivity contribution in [2.75, 3.05) is 26.4 Å². The smallest absolute Gasteiger partial charge is 0.0700 e. The van der Waals surface area contributed by atoms with Crippen molar-refractivity contribution in [3.8, 4) is 0 Å². The van der Waals surface area contributed by atoms with Gasteiger partial charge in [-0.1, -0.05) is 65.0 Å². The van der Waals surface area contributed by atoms with Gasteiger partial charge in [0.05, 0.1) is 13.2 Å². The zero-order valence-electron chi connectivity index (χ0n) is 15.2. The summed E-state index contributed by atoms with van der Waals surface area (Å²) in [5.74, 6) is 0. The third kappa shape index (κ3) is 9.97. The highest BCUT2D eigenvalue weighted by molar-refractivity contribution is 5.16. The van der Waals surface area contributed by atoms with Crippen LogP contribution >= 0.6 is 0 Å². The zero-order chi connectivity index (χ0) is 16.5. The normalized spacial score (nSPS) is 12.6. The van der Waals surface area contributed by atoms with Gasteiger partial charge in [0.15, 0.2) is 0 Å². The van der Waals surface area contributed by atoms with Crippen LogP contribution in [0.1, 0.15) is 53.0 Å². The number of hydrogen-bond donors (Lipinski definition) is 0. The molecule has 2 heteroatoms. The molecule has 0 saturated carbocycles. The van der Waals surface area contributed by atoms with Crippen LogP contribution in [0.15, 0.2) is 30.3 Å². The highest BCUT2D eigenvalue weighted by Gasteiger charge is 2.18. The Kier molecular flexibility index (Phi) is 8.13. The minimum absolute atomic E-state index is 0.272. The molecule has 1 aromatic rings. The van der Waals surface area contributed by atoms with E-state index in [0.29, 0.717) is 18.6 Å². The van der Waals surface area contributed by atoms with Crippen LogP contribution in [0.5, 0.6) is 0 Å². The molecule has 22 heavy (non-hydrogen) atoms. The van der Waals surface area contributed by atoms with E-state index >= 15 is 0 Å². The quantitative estimate of drug-likeness (QED) is 0.559. The monoisotopic (exact) mass is 306 g/mol. The lowest BCUT2D eigenvalue weighted by atomic mass is 9.83. The van der Waals surface area contributed by atoms with Gasteiger partial charge in [-0.25, -0.2) is 0 Å². The predicted octanol–water partition coefficient (Wildman–Crippen LogP) is 5.11. The molecule has 1 rings (SSSR count). The third-order valence-corrected chi connectivity index (χ3v) is 3.82.